The fourth-order valence-electron chi connectivity index (χ4n) is 2.21. The van der Waals surface area contributed by atoms with Crippen LogP contribution in [0.2, 0.25) is 0 Å². The van der Waals surface area contributed by atoms with Crippen LogP contribution in [0.3, 0.4) is 0 Å². The van der Waals surface area contributed by atoms with Gasteiger partial charge >= 0.3 is 6.03 Å². The van der Waals surface area contributed by atoms with E-state index in [1.54, 1.807) is 17.0 Å². The Labute approximate surface area is 131 Å². The summed E-state index contributed by atoms with van der Waals surface area (Å²) in [5, 5.41) is 13.3. The number of nitrogens with zero attached hydrogens (tertiary/aromatic N) is 1. The van der Waals surface area contributed by atoms with Gasteiger partial charge in [0.15, 0.2) is 0 Å². The van der Waals surface area contributed by atoms with Crippen molar-refractivity contribution < 1.29 is 14.3 Å². The van der Waals surface area contributed by atoms with Gasteiger partial charge in [0.05, 0.1) is 12.6 Å². The van der Waals surface area contributed by atoms with Crippen LogP contribution in [0.25, 0.3) is 0 Å². The Hall–Kier alpha value is -1.62. The number of carbonyl (C=O) groups is 1. The number of carbonyl (C=O) groups excluding carboxylic acids is 1. The summed E-state index contributed by atoms with van der Waals surface area (Å²) in [5.41, 5.74) is 0.622. The smallest absolute Gasteiger partial charge is 0.317 e. The van der Waals surface area contributed by atoms with E-state index in [0.29, 0.717) is 11.5 Å². The number of aliphatic hydroxyl groups is 1. The minimum Gasteiger partial charge on any atom is -0.387 e. The van der Waals surface area contributed by atoms with E-state index in [2.05, 4.69) is 19.2 Å². The van der Waals surface area contributed by atoms with Gasteiger partial charge in [-0.05, 0) is 43.4 Å². The maximum Gasteiger partial charge on any atom is 0.317 e. The lowest BCUT2D eigenvalue weighted by atomic mass is 10.1. The Balaban J connectivity index is 1.99. The van der Waals surface area contributed by atoms with Gasteiger partial charge < -0.3 is 15.3 Å². The number of aliphatic hydroxyl groups excluding tert-OH is 1. The zero-order valence-corrected chi connectivity index (χ0v) is 13.4. The highest BCUT2D eigenvalue weighted by Crippen LogP contribution is 2.29. The van der Waals surface area contributed by atoms with Crippen molar-refractivity contribution >= 4 is 6.03 Å². The Kier molecular flexibility index (Phi) is 5.40. The van der Waals surface area contributed by atoms with Crippen LogP contribution in [0.15, 0.2) is 24.3 Å². The topological polar surface area (TPSA) is 52.6 Å². The molecule has 1 aliphatic rings. The van der Waals surface area contributed by atoms with Crippen molar-refractivity contribution in [2.75, 3.05) is 6.54 Å². The summed E-state index contributed by atoms with van der Waals surface area (Å²) >= 11 is 0. The average Bonchev–Trinajstić information content (AvgIpc) is 3.29. The molecule has 5 heteroatoms. The third kappa shape index (κ3) is 4.44. The molecule has 0 aliphatic heterocycles. The second-order valence-corrected chi connectivity index (χ2v) is 6.43. The van der Waals surface area contributed by atoms with Crippen molar-refractivity contribution in [1.29, 1.82) is 0 Å². The SMILES string of the molecule is CC(C)C(C)NC(=O)N(CC(O)c1ccc(F)cc1)C1CC1. The van der Waals surface area contributed by atoms with Gasteiger partial charge in [0.1, 0.15) is 5.82 Å². The summed E-state index contributed by atoms with van der Waals surface area (Å²) in [7, 11) is 0. The highest BCUT2D eigenvalue weighted by Gasteiger charge is 2.34. The van der Waals surface area contributed by atoms with Gasteiger partial charge in [-0.1, -0.05) is 26.0 Å². The summed E-state index contributed by atoms with van der Waals surface area (Å²) in [6, 6.07) is 5.90. The van der Waals surface area contributed by atoms with Crippen LogP contribution in [-0.2, 0) is 0 Å². The van der Waals surface area contributed by atoms with Crippen LogP contribution in [0.4, 0.5) is 9.18 Å². The van der Waals surface area contributed by atoms with Crippen molar-refractivity contribution in [3.63, 3.8) is 0 Å². The lowest BCUT2D eigenvalue weighted by molar-refractivity contribution is 0.116. The quantitative estimate of drug-likeness (QED) is 0.848. The largest absolute Gasteiger partial charge is 0.387 e. The van der Waals surface area contributed by atoms with E-state index in [9.17, 15) is 14.3 Å². The molecule has 0 aromatic heterocycles. The van der Waals surface area contributed by atoms with Crippen LogP contribution in [-0.4, -0.2) is 34.7 Å². The van der Waals surface area contributed by atoms with E-state index >= 15 is 0 Å². The van der Waals surface area contributed by atoms with E-state index < -0.39 is 6.10 Å². The van der Waals surface area contributed by atoms with Gasteiger partial charge in [-0.25, -0.2) is 9.18 Å². The van der Waals surface area contributed by atoms with Crippen molar-refractivity contribution in [3.8, 4) is 0 Å². The van der Waals surface area contributed by atoms with E-state index in [1.165, 1.54) is 12.1 Å². The lowest BCUT2D eigenvalue weighted by Crippen LogP contribution is -2.47. The normalized spacial score (nSPS) is 17.2. The first-order valence-corrected chi connectivity index (χ1v) is 7.89. The second-order valence-electron chi connectivity index (χ2n) is 6.43. The summed E-state index contributed by atoms with van der Waals surface area (Å²) in [4.78, 5) is 14.1. The Morgan fingerprint density at radius 2 is 1.91 bits per heavy atom. The Bertz CT molecular complexity index is 500. The molecule has 4 nitrogen and oxygen atoms in total. The molecule has 1 aliphatic carbocycles. The number of hydrogen-bond acceptors (Lipinski definition) is 2. The highest BCUT2D eigenvalue weighted by molar-refractivity contribution is 5.75. The van der Waals surface area contributed by atoms with Crippen LogP contribution >= 0.6 is 0 Å². The fourth-order valence-corrected chi connectivity index (χ4v) is 2.21. The predicted octanol–water partition coefficient (Wildman–Crippen LogP) is 3.08. The van der Waals surface area contributed by atoms with Gasteiger partial charge in [0.25, 0.3) is 0 Å². The third-order valence-electron chi connectivity index (χ3n) is 4.22. The van der Waals surface area contributed by atoms with Crippen LogP contribution in [0.1, 0.15) is 45.3 Å². The van der Waals surface area contributed by atoms with Gasteiger partial charge in [0, 0.05) is 12.1 Å². The molecule has 1 aromatic carbocycles. The zero-order valence-electron chi connectivity index (χ0n) is 13.4. The summed E-state index contributed by atoms with van der Waals surface area (Å²) < 4.78 is 12.9. The fraction of sp³-hybridized carbons (Fsp3) is 0.588. The van der Waals surface area contributed by atoms with Crippen molar-refractivity contribution in [3.05, 3.63) is 35.6 Å². The molecule has 1 saturated carbocycles. The van der Waals surface area contributed by atoms with Crippen molar-refractivity contribution in [2.45, 2.75) is 51.8 Å². The third-order valence-corrected chi connectivity index (χ3v) is 4.22. The molecular formula is C17H25FN2O2. The average molecular weight is 308 g/mol. The number of nitrogens with one attached hydrogen (secondary N) is 1. The first kappa shape index (κ1) is 16.7. The molecule has 2 N–H and O–H groups in total. The zero-order chi connectivity index (χ0) is 16.3. The van der Waals surface area contributed by atoms with E-state index in [1.807, 2.05) is 6.92 Å². The molecule has 2 amide bonds. The molecule has 0 spiro atoms. The molecule has 2 unspecified atom stereocenters. The van der Waals surface area contributed by atoms with Gasteiger partial charge in [-0.15, -0.1) is 0 Å². The molecule has 0 saturated heterocycles. The molecular weight excluding hydrogens is 283 g/mol. The van der Waals surface area contributed by atoms with Crippen molar-refractivity contribution in [2.24, 2.45) is 5.92 Å². The molecule has 1 fully saturated rings. The first-order chi connectivity index (χ1) is 10.4. The molecule has 22 heavy (non-hydrogen) atoms. The van der Waals surface area contributed by atoms with E-state index in [4.69, 9.17) is 0 Å². The van der Waals surface area contributed by atoms with Gasteiger partial charge in [-0.2, -0.15) is 0 Å². The molecule has 122 valence electrons. The van der Waals surface area contributed by atoms with Gasteiger partial charge in [-0.3, -0.25) is 0 Å². The Morgan fingerprint density at radius 3 is 2.41 bits per heavy atom. The minimum atomic E-state index is -0.804. The number of hydrogen-bond donors (Lipinski definition) is 2. The second kappa shape index (κ2) is 7.09. The monoisotopic (exact) mass is 308 g/mol. The molecule has 1 aromatic rings. The molecule has 0 bridgehead atoms. The molecule has 0 radical (unpaired) electrons. The summed E-state index contributed by atoms with van der Waals surface area (Å²) in [6.07, 6.45) is 1.14. The van der Waals surface area contributed by atoms with Gasteiger partial charge in [0.2, 0.25) is 0 Å². The van der Waals surface area contributed by atoms with E-state index in [0.717, 1.165) is 12.8 Å². The lowest BCUT2D eigenvalue weighted by Gasteiger charge is -2.28. The number of urea groups is 1. The summed E-state index contributed by atoms with van der Waals surface area (Å²) in [5.74, 6) is 0.0190. The van der Waals surface area contributed by atoms with E-state index in [-0.39, 0.29) is 30.5 Å². The maximum absolute atomic E-state index is 12.9. The predicted molar refractivity (Wildman–Crippen MR) is 83.9 cm³/mol. The van der Waals surface area contributed by atoms with Crippen LogP contribution < -0.4 is 5.32 Å². The number of benzene rings is 1. The molecule has 2 rings (SSSR count). The van der Waals surface area contributed by atoms with Crippen molar-refractivity contribution in [1.82, 2.24) is 10.2 Å². The standard InChI is InChI=1S/C17H25FN2O2/c1-11(2)12(3)19-17(22)20(15-8-9-15)10-16(21)13-4-6-14(18)7-5-13/h4-7,11-12,15-16,21H,8-10H2,1-3H3,(H,19,22). The number of amides is 2. The number of rotatable bonds is 6. The maximum atomic E-state index is 12.9. The minimum absolute atomic E-state index is 0.0803. The van der Waals surface area contributed by atoms with Crippen LogP contribution in [0, 0.1) is 11.7 Å². The summed E-state index contributed by atoms with van der Waals surface area (Å²) in [6.45, 7) is 6.32. The Morgan fingerprint density at radius 1 is 1.32 bits per heavy atom. The van der Waals surface area contributed by atoms with Crippen LogP contribution in [0.5, 0.6) is 0 Å². The highest BCUT2D eigenvalue weighted by atomic mass is 19.1. The molecule has 0 heterocycles. The molecule has 2 atom stereocenters. The number of halogens is 1. The first-order valence-electron chi connectivity index (χ1n) is 7.89.